The zero-order valence-electron chi connectivity index (χ0n) is 16.3. The summed E-state index contributed by atoms with van der Waals surface area (Å²) in [6.07, 6.45) is -0.647. The minimum atomic E-state index is -2.49. The van der Waals surface area contributed by atoms with Crippen LogP contribution in [0.4, 0.5) is 10.5 Å². The van der Waals surface area contributed by atoms with E-state index in [0.29, 0.717) is 5.30 Å². The predicted octanol–water partition coefficient (Wildman–Crippen LogP) is 5.00. The molecule has 1 aliphatic carbocycles. The molecule has 1 aliphatic rings. The number of benzene rings is 3. The van der Waals surface area contributed by atoms with Crippen molar-refractivity contribution < 1.29 is 19.2 Å². The molecule has 1 amide bonds. The number of carbonyl (C=O) groups excluding carboxylic acids is 1. The molecule has 29 heavy (non-hydrogen) atoms. The molecule has 3 aromatic carbocycles. The van der Waals surface area contributed by atoms with Crippen LogP contribution >= 0.6 is 7.14 Å². The number of nitrogens with one attached hydrogen (secondary N) is 1. The van der Waals surface area contributed by atoms with Crippen LogP contribution in [0.2, 0.25) is 0 Å². The van der Waals surface area contributed by atoms with Crippen molar-refractivity contribution in [2.24, 2.45) is 0 Å². The number of fused-ring (bicyclic) bond motifs is 3. The summed E-state index contributed by atoms with van der Waals surface area (Å²) < 4.78 is 17.6. The molecule has 5 nitrogen and oxygen atoms in total. The van der Waals surface area contributed by atoms with Crippen molar-refractivity contribution in [3.05, 3.63) is 77.9 Å². The highest BCUT2D eigenvalue weighted by Gasteiger charge is 2.29. The molecule has 3 aromatic rings. The average Bonchev–Trinajstić information content (AvgIpc) is 3.01. The van der Waals surface area contributed by atoms with Gasteiger partial charge in [0, 0.05) is 11.2 Å². The van der Waals surface area contributed by atoms with Gasteiger partial charge in [-0.1, -0.05) is 48.5 Å². The van der Waals surface area contributed by atoms with Crippen molar-refractivity contribution in [2.75, 3.05) is 25.3 Å². The maximum Gasteiger partial charge on any atom is 0.411 e. The predicted molar refractivity (Wildman–Crippen MR) is 116 cm³/mol. The molecule has 6 heteroatoms. The van der Waals surface area contributed by atoms with Gasteiger partial charge in [0.2, 0.25) is 0 Å². The maximum atomic E-state index is 12.3. The third-order valence-electron chi connectivity index (χ3n) is 5.18. The third-order valence-corrected chi connectivity index (χ3v) is 6.71. The molecule has 0 bridgehead atoms. The second-order valence-corrected chi connectivity index (χ2v) is 10.7. The lowest BCUT2D eigenvalue weighted by molar-refractivity contribution is 0.158. The Kier molecular flexibility index (Phi) is 4.93. The highest BCUT2D eigenvalue weighted by atomic mass is 31.2. The number of phenols is 1. The van der Waals surface area contributed by atoms with Crippen LogP contribution < -0.4 is 10.6 Å². The number of amides is 1. The quantitative estimate of drug-likeness (QED) is 0.471. The zero-order chi connectivity index (χ0) is 20.6. The van der Waals surface area contributed by atoms with Crippen molar-refractivity contribution in [2.45, 2.75) is 5.92 Å². The second-order valence-electron chi connectivity index (χ2n) is 7.50. The van der Waals surface area contributed by atoms with E-state index >= 15 is 0 Å². The number of carbonyl (C=O) groups is 1. The molecule has 4 rings (SSSR count). The third kappa shape index (κ3) is 3.79. The van der Waals surface area contributed by atoms with E-state index in [1.807, 2.05) is 24.3 Å². The van der Waals surface area contributed by atoms with Crippen molar-refractivity contribution in [1.82, 2.24) is 0 Å². The summed E-state index contributed by atoms with van der Waals surface area (Å²) in [6.45, 7) is 3.44. The fraction of sp³-hybridized carbons (Fsp3) is 0.174. The molecule has 0 aliphatic heterocycles. The smallest absolute Gasteiger partial charge is 0.411 e. The van der Waals surface area contributed by atoms with Gasteiger partial charge in [0.15, 0.2) is 0 Å². The summed E-state index contributed by atoms with van der Waals surface area (Å²) in [5.41, 5.74) is 4.81. The summed E-state index contributed by atoms with van der Waals surface area (Å²) >= 11 is 0. The van der Waals surface area contributed by atoms with Crippen LogP contribution in [0.5, 0.6) is 5.75 Å². The lowest BCUT2D eigenvalue weighted by Gasteiger charge is -2.15. The van der Waals surface area contributed by atoms with E-state index in [1.165, 1.54) is 12.1 Å². The first-order valence-electron chi connectivity index (χ1n) is 9.35. The second kappa shape index (κ2) is 7.41. The Bertz CT molecular complexity index is 1090. The summed E-state index contributed by atoms with van der Waals surface area (Å²) in [7, 11) is -2.49. The molecule has 0 saturated carbocycles. The minimum Gasteiger partial charge on any atom is -0.506 e. The number of ether oxygens (including phenoxy) is 1. The number of hydrogen-bond acceptors (Lipinski definition) is 4. The average molecular weight is 407 g/mol. The van der Waals surface area contributed by atoms with E-state index in [9.17, 15) is 14.5 Å². The molecule has 0 heterocycles. The first kappa shape index (κ1) is 19.3. The highest BCUT2D eigenvalue weighted by Crippen LogP contribution is 2.44. The summed E-state index contributed by atoms with van der Waals surface area (Å²) in [5, 5.41) is 13.3. The van der Waals surface area contributed by atoms with Gasteiger partial charge in [0.25, 0.3) is 0 Å². The van der Waals surface area contributed by atoms with Crippen LogP contribution in [-0.2, 0) is 9.30 Å². The summed E-state index contributed by atoms with van der Waals surface area (Å²) in [4.78, 5) is 12.3. The largest absolute Gasteiger partial charge is 0.506 e. The van der Waals surface area contributed by atoms with Crippen LogP contribution in [-0.4, -0.2) is 31.1 Å². The topological polar surface area (TPSA) is 75.6 Å². The van der Waals surface area contributed by atoms with Crippen LogP contribution in [0.1, 0.15) is 17.0 Å². The van der Waals surface area contributed by atoms with Crippen LogP contribution in [0, 0.1) is 0 Å². The summed E-state index contributed by atoms with van der Waals surface area (Å²) in [6, 6.07) is 20.8. The summed E-state index contributed by atoms with van der Waals surface area (Å²) in [5.74, 6) is -0.171. The lowest BCUT2D eigenvalue weighted by Crippen LogP contribution is -2.18. The van der Waals surface area contributed by atoms with Crippen molar-refractivity contribution in [1.29, 1.82) is 0 Å². The maximum absolute atomic E-state index is 12.3. The lowest BCUT2D eigenvalue weighted by atomic mass is 9.98. The molecule has 148 valence electrons. The van der Waals surface area contributed by atoms with Crippen LogP contribution in [0.3, 0.4) is 0 Å². The van der Waals surface area contributed by atoms with Crippen LogP contribution in [0.15, 0.2) is 66.7 Å². The first-order valence-corrected chi connectivity index (χ1v) is 12.0. The number of aromatic hydroxyl groups is 1. The number of rotatable bonds is 4. The first-order chi connectivity index (χ1) is 13.8. The van der Waals surface area contributed by atoms with Gasteiger partial charge in [-0.05, 0) is 53.8 Å². The number of hydrogen-bond donors (Lipinski definition) is 2. The SMILES string of the molecule is CP(C)(=O)c1ccc(NC(=O)OCC2c3ccccc3-c3ccccc32)c(O)c1. The molecule has 0 saturated heterocycles. The zero-order valence-corrected chi connectivity index (χ0v) is 17.1. The van der Waals surface area contributed by atoms with Gasteiger partial charge in [-0.25, -0.2) is 4.79 Å². The van der Waals surface area contributed by atoms with E-state index in [1.54, 1.807) is 19.4 Å². The van der Waals surface area contributed by atoms with E-state index in [0.717, 1.165) is 22.3 Å². The Balaban J connectivity index is 1.48. The fourth-order valence-corrected chi connectivity index (χ4v) is 4.57. The van der Waals surface area contributed by atoms with E-state index in [2.05, 4.69) is 29.6 Å². The molecule has 0 unspecified atom stereocenters. The molecular formula is C23H22NO4P. The highest BCUT2D eigenvalue weighted by molar-refractivity contribution is 7.70. The van der Waals surface area contributed by atoms with Crippen LogP contribution in [0.25, 0.3) is 11.1 Å². The van der Waals surface area contributed by atoms with Gasteiger partial charge in [0.1, 0.15) is 19.5 Å². The molecule has 0 fully saturated rings. The van der Waals surface area contributed by atoms with E-state index in [4.69, 9.17) is 4.74 Å². The van der Waals surface area contributed by atoms with Crippen molar-refractivity contribution in [3.8, 4) is 16.9 Å². The van der Waals surface area contributed by atoms with Gasteiger partial charge < -0.3 is 14.4 Å². The van der Waals surface area contributed by atoms with Gasteiger partial charge in [-0.2, -0.15) is 0 Å². The molecular weight excluding hydrogens is 385 g/mol. The normalized spacial score (nSPS) is 12.9. The van der Waals surface area contributed by atoms with E-state index < -0.39 is 13.2 Å². The van der Waals surface area contributed by atoms with Gasteiger partial charge >= 0.3 is 6.09 Å². The van der Waals surface area contributed by atoms with E-state index in [-0.39, 0.29) is 24.0 Å². The van der Waals surface area contributed by atoms with Gasteiger partial charge in [-0.15, -0.1) is 0 Å². The molecule has 0 spiro atoms. The molecule has 2 N–H and O–H groups in total. The Hall–Kier alpha value is -3.04. The van der Waals surface area contributed by atoms with Crippen molar-refractivity contribution >= 4 is 24.2 Å². The minimum absolute atomic E-state index is 0.0322. The fourth-order valence-electron chi connectivity index (χ4n) is 3.71. The molecule has 0 radical (unpaired) electrons. The van der Waals surface area contributed by atoms with Gasteiger partial charge in [-0.3, -0.25) is 5.32 Å². The van der Waals surface area contributed by atoms with Crippen molar-refractivity contribution in [3.63, 3.8) is 0 Å². The Labute approximate surface area is 169 Å². The Morgan fingerprint density at radius 2 is 1.59 bits per heavy atom. The standard InChI is InChI=1S/C23H22NO4P/c1-29(2,27)15-11-12-21(22(25)13-15)24-23(26)28-14-20-18-9-5-3-7-16(18)17-8-4-6-10-19(17)20/h3-13,20,25H,14H2,1-2H3,(H,24,26). The monoisotopic (exact) mass is 407 g/mol. The molecule has 0 atom stereocenters. The Morgan fingerprint density at radius 1 is 1.00 bits per heavy atom. The number of phenolic OH excluding ortho intramolecular Hbond substituents is 1. The Morgan fingerprint density at radius 3 is 2.14 bits per heavy atom. The number of anilines is 1. The molecule has 0 aromatic heterocycles. The van der Waals surface area contributed by atoms with Gasteiger partial charge in [0.05, 0.1) is 5.69 Å².